The smallest absolute Gasteiger partial charge is 0.463 e. The molecular weight excluding hydrogens is 1300 g/mol. The number of esters is 3. The van der Waals surface area contributed by atoms with Gasteiger partial charge < -0.3 is 89.1 Å². The number of rotatable bonds is 60. The molecule has 0 aromatic rings. The van der Waals surface area contributed by atoms with Crippen LogP contribution in [0.5, 0.6) is 0 Å². The van der Waals surface area contributed by atoms with Crippen LogP contribution in [-0.4, -0.2) is 204 Å². The van der Waals surface area contributed by atoms with E-state index >= 15 is 0 Å². The van der Waals surface area contributed by atoms with Crippen molar-refractivity contribution in [3.05, 3.63) is 24.3 Å². The summed E-state index contributed by atoms with van der Waals surface area (Å²) >= 11 is 0. The number of hydrogen-bond acceptors (Lipinski definition) is 23. The highest BCUT2D eigenvalue weighted by atomic mass is 31.2. The molecule has 3 rings (SSSR count). The van der Waals surface area contributed by atoms with E-state index in [1.807, 2.05) is 0 Å². The van der Waals surface area contributed by atoms with Crippen molar-refractivity contribution in [3.63, 3.8) is 0 Å². The number of aliphatic hydroxyl groups excluding tert-OH is 10. The van der Waals surface area contributed by atoms with Crippen molar-refractivity contribution in [2.24, 2.45) is 0 Å². The van der Waals surface area contributed by atoms with Gasteiger partial charge in [-0.05, 0) is 70.6 Å². The van der Waals surface area contributed by atoms with Gasteiger partial charge in [0.2, 0.25) is 0 Å². The van der Waals surface area contributed by atoms with Gasteiger partial charge in [0, 0.05) is 19.3 Å². The van der Waals surface area contributed by atoms with Gasteiger partial charge >= 0.3 is 25.7 Å². The lowest BCUT2D eigenvalue weighted by molar-refractivity contribution is -0.360. The minimum Gasteiger partial charge on any atom is -0.463 e. The third-order valence-electron chi connectivity index (χ3n) is 19.0. The maximum atomic E-state index is 14.3. The fourth-order valence-corrected chi connectivity index (χ4v) is 13.6. The standard InChI is InChI=1S/C74H135O24P/c1-4-7-10-13-16-19-22-25-27-29-32-35-38-41-44-47-50-60(78)93-55(52-90-58(76)48-45-42-39-36-34-31-28-26-23-20-17-14-11-8-5-2)53-92-99(88,89)98-72-70(96-73-68(86)63(81)61(79)56(51-75)94-73)66(84)65(83)67(85)71(72)97-74-69(87)64(82)62(80)57(95-74)54-91-59(77)49-46-43-40-37-33-30-24-21-18-15-12-9-6-3/h20,23,30,33,55-57,61-75,79-87H,4-19,21-22,24-29,31-32,34-54H2,1-3H3,(H,88,89)/b23-20-,33-30-. The number of allylic oxidation sites excluding steroid dienone is 4. The normalized spacial score (nSPS) is 27.6. The van der Waals surface area contributed by atoms with Crippen molar-refractivity contribution in [3.8, 4) is 0 Å². The Bertz CT molecular complexity index is 2140. The van der Waals surface area contributed by atoms with Crippen LogP contribution >= 0.6 is 7.82 Å². The molecule has 99 heavy (non-hydrogen) atoms. The average molecular weight is 1440 g/mol. The van der Waals surface area contributed by atoms with Crippen molar-refractivity contribution in [1.82, 2.24) is 0 Å². The minimum absolute atomic E-state index is 0.00821. The maximum absolute atomic E-state index is 14.3. The van der Waals surface area contributed by atoms with Gasteiger partial charge in [0.05, 0.1) is 13.2 Å². The Morgan fingerprint density at radius 1 is 0.384 bits per heavy atom. The summed E-state index contributed by atoms with van der Waals surface area (Å²) in [6, 6.07) is 0. The van der Waals surface area contributed by atoms with Crippen LogP contribution in [0.4, 0.5) is 0 Å². The highest BCUT2D eigenvalue weighted by Crippen LogP contribution is 2.49. The summed E-state index contributed by atoms with van der Waals surface area (Å²) in [4.78, 5) is 51.0. The Morgan fingerprint density at radius 3 is 1.11 bits per heavy atom. The Labute approximate surface area is 592 Å². The number of carbonyl (C=O) groups is 3. The van der Waals surface area contributed by atoms with Crippen molar-refractivity contribution in [1.29, 1.82) is 0 Å². The van der Waals surface area contributed by atoms with E-state index in [1.54, 1.807) is 0 Å². The molecule has 2 aliphatic heterocycles. The summed E-state index contributed by atoms with van der Waals surface area (Å²) in [5, 5.41) is 110. The summed E-state index contributed by atoms with van der Waals surface area (Å²) in [5.41, 5.74) is 0. The van der Waals surface area contributed by atoms with Crippen molar-refractivity contribution >= 4 is 25.7 Å². The molecule has 25 heteroatoms. The highest BCUT2D eigenvalue weighted by Gasteiger charge is 2.58. The van der Waals surface area contributed by atoms with E-state index in [9.17, 15) is 74.9 Å². The molecule has 1 saturated carbocycles. The highest BCUT2D eigenvalue weighted by molar-refractivity contribution is 7.47. The zero-order valence-corrected chi connectivity index (χ0v) is 61.4. The van der Waals surface area contributed by atoms with E-state index < -0.39 is 156 Å². The molecule has 580 valence electrons. The quantitative estimate of drug-likeness (QED) is 0.00886. The molecule has 0 radical (unpaired) electrons. The Morgan fingerprint density at radius 2 is 0.707 bits per heavy atom. The summed E-state index contributed by atoms with van der Waals surface area (Å²) in [5.74, 6) is -2.00. The van der Waals surface area contributed by atoms with Crippen molar-refractivity contribution in [2.75, 3.05) is 26.4 Å². The van der Waals surface area contributed by atoms with Crippen LogP contribution in [0.2, 0.25) is 0 Å². The van der Waals surface area contributed by atoms with E-state index in [4.69, 9.17) is 42.2 Å². The van der Waals surface area contributed by atoms with Gasteiger partial charge in [-0.25, -0.2) is 4.57 Å². The predicted molar refractivity (Wildman–Crippen MR) is 374 cm³/mol. The lowest BCUT2D eigenvalue weighted by Crippen LogP contribution is -2.69. The molecule has 3 fully saturated rings. The molecular formula is C74H135O24P. The molecule has 18 atom stereocenters. The molecule has 0 amide bonds. The number of hydrogen-bond donors (Lipinski definition) is 11. The molecule has 0 aromatic carbocycles. The number of carbonyl (C=O) groups excluding carboxylic acids is 3. The van der Waals surface area contributed by atoms with Crippen molar-refractivity contribution < 1.29 is 117 Å². The third-order valence-corrected chi connectivity index (χ3v) is 19.9. The largest absolute Gasteiger partial charge is 0.472 e. The predicted octanol–water partition coefficient (Wildman–Crippen LogP) is 10.9. The molecule has 11 N–H and O–H groups in total. The van der Waals surface area contributed by atoms with Gasteiger partial charge in [-0.15, -0.1) is 0 Å². The zero-order valence-electron chi connectivity index (χ0n) is 60.5. The Kier molecular flexibility index (Phi) is 51.2. The first-order chi connectivity index (χ1) is 47.8. The zero-order chi connectivity index (χ0) is 72.5. The number of phosphoric ester groups is 1. The Balaban J connectivity index is 1.73. The van der Waals surface area contributed by atoms with Gasteiger partial charge in [-0.3, -0.25) is 23.4 Å². The summed E-state index contributed by atoms with van der Waals surface area (Å²) in [6.07, 6.45) is 16.6. The van der Waals surface area contributed by atoms with Gasteiger partial charge in [-0.1, -0.05) is 231 Å². The fraction of sp³-hybridized carbons (Fsp3) is 0.905. The number of ether oxygens (including phenoxy) is 7. The first kappa shape index (κ1) is 90.7. The second-order valence-corrected chi connectivity index (χ2v) is 29.1. The number of aliphatic hydroxyl groups is 10. The van der Waals surface area contributed by atoms with Gasteiger partial charge in [0.15, 0.2) is 18.7 Å². The lowest BCUT2D eigenvalue weighted by Gasteiger charge is -2.49. The summed E-state index contributed by atoms with van der Waals surface area (Å²) < 4.78 is 65.1. The van der Waals surface area contributed by atoms with E-state index in [0.29, 0.717) is 19.3 Å². The molecule has 2 saturated heterocycles. The molecule has 18 unspecified atom stereocenters. The lowest BCUT2D eigenvalue weighted by atomic mass is 9.84. The monoisotopic (exact) mass is 1440 g/mol. The van der Waals surface area contributed by atoms with Crippen LogP contribution in [0, 0.1) is 0 Å². The first-order valence-electron chi connectivity index (χ1n) is 38.6. The van der Waals surface area contributed by atoms with Crippen LogP contribution in [0.1, 0.15) is 297 Å². The van der Waals surface area contributed by atoms with Crippen molar-refractivity contribution in [2.45, 2.75) is 401 Å². The number of unbranched alkanes of at least 4 members (excludes halogenated alkanes) is 35. The average Bonchev–Trinajstić information content (AvgIpc) is 0.762. The van der Waals surface area contributed by atoms with Crippen LogP contribution in [0.3, 0.4) is 0 Å². The molecule has 0 spiro atoms. The van der Waals surface area contributed by atoms with E-state index in [2.05, 4.69) is 45.1 Å². The van der Waals surface area contributed by atoms with E-state index in [1.165, 1.54) is 122 Å². The minimum atomic E-state index is -5.70. The second kappa shape index (κ2) is 55.9. The number of phosphoric acid groups is 1. The second-order valence-electron chi connectivity index (χ2n) is 27.7. The van der Waals surface area contributed by atoms with Gasteiger partial charge in [-0.2, -0.15) is 0 Å². The van der Waals surface area contributed by atoms with Crippen LogP contribution in [0.15, 0.2) is 24.3 Å². The Hall–Kier alpha value is -2.56. The third kappa shape index (κ3) is 38.9. The fourth-order valence-electron chi connectivity index (χ4n) is 12.6. The molecule has 24 nitrogen and oxygen atoms in total. The maximum Gasteiger partial charge on any atom is 0.472 e. The van der Waals surface area contributed by atoms with E-state index in [-0.39, 0.29) is 19.3 Å². The van der Waals surface area contributed by atoms with Crippen LogP contribution in [0.25, 0.3) is 0 Å². The SMILES string of the molecule is CCCCCC/C=C\CCCCCCCCCC(=O)OCC(COP(=O)(O)OC1C(OC2OC(CO)C(O)C(O)C2O)C(O)C(O)C(O)C1OC1OC(COC(=O)CCCCC/C=C\CCCCCCCC)C(O)C(O)C1O)OC(=O)CCCCCCCCCCCCCCCCCC. The molecule has 0 aromatic heterocycles. The van der Waals surface area contributed by atoms with Gasteiger partial charge in [0.25, 0.3) is 0 Å². The van der Waals surface area contributed by atoms with Crippen LogP contribution < -0.4 is 0 Å². The van der Waals surface area contributed by atoms with Crippen LogP contribution in [-0.2, 0) is 61.2 Å². The molecule has 2 heterocycles. The summed E-state index contributed by atoms with van der Waals surface area (Å²) in [7, 11) is -5.70. The molecule has 3 aliphatic rings. The first-order valence-corrected chi connectivity index (χ1v) is 40.1. The molecule has 1 aliphatic carbocycles. The topological polar surface area (TPSA) is 374 Å². The van der Waals surface area contributed by atoms with E-state index in [0.717, 1.165) is 116 Å². The molecule has 0 bridgehead atoms. The summed E-state index contributed by atoms with van der Waals surface area (Å²) in [6.45, 7) is 3.43. The van der Waals surface area contributed by atoms with Gasteiger partial charge in [0.1, 0.15) is 98.7 Å².